The highest BCUT2D eigenvalue weighted by Crippen LogP contribution is 2.14. The summed E-state index contributed by atoms with van der Waals surface area (Å²) in [5, 5.41) is 0. The lowest BCUT2D eigenvalue weighted by atomic mass is 10.2. The first-order valence-electron chi connectivity index (χ1n) is 2.89. The van der Waals surface area contributed by atoms with E-state index in [2.05, 4.69) is 22.0 Å². The molecule has 0 saturated heterocycles. The Hall–Kier alpha value is -0.630. The van der Waals surface area contributed by atoms with E-state index in [1.807, 2.05) is 0 Å². The molecule has 1 radical (unpaired) electrons. The Morgan fingerprint density at radius 2 is 2.40 bits per heavy atom. The smallest absolute Gasteiger partial charge is 0.160 e. The van der Waals surface area contributed by atoms with Gasteiger partial charge in [-0.3, -0.25) is 4.79 Å². The van der Waals surface area contributed by atoms with Gasteiger partial charge in [0.05, 0.1) is 0 Å². The molecule has 51 valence electrons. The van der Waals surface area contributed by atoms with E-state index in [9.17, 15) is 4.79 Å². The molecule has 0 N–H and O–H groups in total. The third-order valence-electron chi connectivity index (χ3n) is 1.18. The van der Waals surface area contributed by atoms with Crippen molar-refractivity contribution < 1.29 is 4.79 Å². The Labute approximate surface area is 68.2 Å². The van der Waals surface area contributed by atoms with Crippen molar-refractivity contribution in [1.29, 1.82) is 0 Å². The molecular formula is C8H6BrO. The van der Waals surface area contributed by atoms with Crippen LogP contribution in [0.15, 0.2) is 22.7 Å². The first-order chi connectivity index (χ1) is 4.72. The number of ketones is 1. The van der Waals surface area contributed by atoms with Crippen LogP contribution in [0.3, 0.4) is 0 Å². The maximum absolute atomic E-state index is 10.8. The maximum atomic E-state index is 10.8. The van der Waals surface area contributed by atoms with Crippen molar-refractivity contribution in [2.24, 2.45) is 0 Å². The fourth-order valence-corrected chi connectivity index (χ4v) is 1.23. The molecule has 1 aromatic rings. The van der Waals surface area contributed by atoms with E-state index < -0.39 is 0 Å². The molecule has 0 unspecified atom stereocenters. The van der Waals surface area contributed by atoms with Gasteiger partial charge in [0.2, 0.25) is 0 Å². The van der Waals surface area contributed by atoms with E-state index in [0.717, 1.165) is 4.47 Å². The molecule has 1 rings (SSSR count). The average Bonchev–Trinajstić information content (AvgIpc) is 1.88. The van der Waals surface area contributed by atoms with Crippen LogP contribution in [0.25, 0.3) is 0 Å². The molecule has 0 fully saturated rings. The molecule has 0 heterocycles. The highest BCUT2D eigenvalue weighted by molar-refractivity contribution is 9.10. The van der Waals surface area contributed by atoms with Crippen LogP contribution in [0.2, 0.25) is 0 Å². The molecule has 0 atom stereocenters. The number of halogens is 1. The number of benzene rings is 1. The highest BCUT2D eigenvalue weighted by atomic mass is 79.9. The van der Waals surface area contributed by atoms with Gasteiger partial charge < -0.3 is 0 Å². The maximum Gasteiger partial charge on any atom is 0.160 e. The second-order valence-electron chi connectivity index (χ2n) is 1.95. The third kappa shape index (κ3) is 1.45. The zero-order valence-corrected chi connectivity index (χ0v) is 7.10. The minimum atomic E-state index is 0.0590. The zero-order valence-electron chi connectivity index (χ0n) is 5.52. The third-order valence-corrected chi connectivity index (χ3v) is 1.84. The van der Waals surface area contributed by atoms with Gasteiger partial charge in [-0.25, -0.2) is 0 Å². The van der Waals surface area contributed by atoms with Crippen LogP contribution in [0.5, 0.6) is 0 Å². The Kier molecular flexibility index (Phi) is 2.22. The first-order valence-corrected chi connectivity index (χ1v) is 3.68. The molecule has 0 aromatic heterocycles. The quantitative estimate of drug-likeness (QED) is 0.633. The van der Waals surface area contributed by atoms with Crippen molar-refractivity contribution in [3.63, 3.8) is 0 Å². The van der Waals surface area contributed by atoms with Gasteiger partial charge in [0, 0.05) is 10.0 Å². The fourth-order valence-electron chi connectivity index (χ4n) is 0.688. The second kappa shape index (κ2) is 2.97. The molecule has 10 heavy (non-hydrogen) atoms. The summed E-state index contributed by atoms with van der Waals surface area (Å²) in [6.07, 6.45) is 0. The van der Waals surface area contributed by atoms with Crippen LogP contribution >= 0.6 is 15.9 Å². The van der Waals surface area contributed by atoms with Crippen molar-refractivity contribution in [3.8, 4) is 0 Å². The monoisotopic (exact) mass is 197 g/mol. The summed E-state index contributed by atoms with van der Waals surface area (Å²) < 4.78 is 0.738. The molecular weight excluding hydrogens is 192 g/mol. The molecule has 1 aromatic carbocycles. The van der Waals surface area contributed by atoms with Crippen molar-refractivity contribution >= 4 is 21.7 Å². The van der Waals surface area contributed by atoms with E-state index in [1.54, 1.807) is 18.2 Å². The summed E-state index contributed by atoms with van der Waals surface area (Å²) in [7, 11) is 0. The lowest BCUT2D eigenvalue weighted by Crippen LogP contribution is -1.91. The van der Waals surface area contributed by atoms with E-state index in [0.29, 0.717) is 5.56 Å². The normalized spacial score (nSPS) is 9.40. The molecule has 0 aliphatic rings. The number of carbonyl (C=O) groups is 1. The van der Waals surface area contributed by atoms with Crippen molar-refractivity contribution in [2.45, 2.75) is 6.92 Å². The van der Waals surface area contributed by atoms with Gasteiger partial charge in [-0.05, 0) is 28.9 Å². The van der Waals surface area contributed by atoms with Gasteiger partial charge in [0.15, 0.2) is 5.78 Å². The van der Waals surface area contributed by atoms with E-state index >= 15 is 0 Å². The topological polar surface area (TPSA) is 17.1 Å². The van der Waals surface area contributed by atoms with Gasteiger partial charge in [0.1, 0.15) is 0 Å². The van der Waals surface area contributed by atoms with Crippen molar-refractivity contribution in [2.75, 3.05) is 0 Å². The summed E-state index contributed by atoms with van der Waals surface area (Å²) in [4.78, 5) is 10.8. The van der Waals surface area contributed by atoms with Gasteiger partial charge in [-0.2, -0.15) is 0 Å². The lowest BCUT2D eigenvalue weighted by Gasteiger charge is -1.95. The Bertz CT molecular complexity index is 255. The predicted molar refractivity (Wildman–Crippen MR) is 43.0 cm³/mol. The van der Waals surface area contributed by atoms with Crippen LogP contribution in [0, 0.1) is 6.07 Å². The Balaban J connectivity index is 3.15. The molecule has 0 bridgehead atoms. The van der Waals surface area contributed by atoms with Crippen LogP contribution < -0.4 is 0 Å². The minimum absolute atomic E-state index is 0.0590. The number of hydrogen-bond donors (Lipinski definition) is 0. The van der Waals surface area contributed by atoms with Gasteiger partial charge in [-0.1, -0.05) is 18.2 Å². The van der Waals surface area contributed by atoms with Crippen LogP contribution in [-0.4, -0.2) is 5.78 Å². The molecule has 0 saturated carbocycles. The number of rotatable bonds is 1. The van der Waals surface area contributed by atoms with Crippen LogP contribution in [-0.2, 0) is 0 Å². The second-order valence-corrected chi connectivity index (χ2v) is 2.75. The summed E-state index contributed by atoms with van der Waals surface area (Å²) >= 11 is 3.22. The summed E-state index contributed by atoms with van der Waals surface area (Å²) in [6.45, 7) is 1.54. The van der Waals surface area contributed by atoms with Crippen molar-refractivity contribution in [1.82, 2.24) is 0 Å². The standard InChI is InChI=1S/C8H6BrO/c1-6(10)7-4-2-3-5-8(7)9/h2-4H,1H3. The van der Waals surface area contributed by atoms with Crippen molar-refractivity contribution in [3.05, 3.63) is 34.3 Å². The largest absolute Gasteiger partial charge is 0.294 e. The van der Waals surface area contributed by atoms with E-state index in [1.165, 1.54) is 6.92 Å². The highest BCUT2D eigenvalue weighted by Gasteiger charge is 2.01. The van der Waals surface area contributed by atoms with Crippen LogP contribution in [0.4, 0.5) is 0 Å². The fraction of sp³-hybridized carbons (Fsp3) is 0.125. The number of carbonyl (C=O) groups excluding carboxylic acids is 1. The minimum Gasteiger partial charge on any atom is -0.294 e. The predicted octanol–water partition coefficient (Wildman–Crippen LogP) is 2.45. The van der Waals surface area contributed by atoms with Gasteiger partial charge >= 0.3 is 0 Å². The van der Waals surface area contributed by atoms with E-state index in [-0.39, 0.29) is 5.78 Å². The Morgan fingerprint density at radius 1 is 1.70 bits per heavy atom. The number of Topliss-reactive ketones (excluding diaryl/α,β-unsaturated/α-hetero) is 1. The number of hydrogen-bond acceptors (Lipinski definition) is 1. The molecule has 0 aliphatic heterocycles. The summed E-state index contributed by atoms with van der Waals surface area (Å²) in [5.41, 5.74) is 0.683. The Morgan fingerprint density at radius 3 is 2.80 bits per heavy atom. The SMILES string of the molecule is CC(=O)c1ccc[c]c1Br. The summed E-state index contributed by atoms with van der Waals surface area (Å²) in [6, 6.07) is 8.20. The zero-order chi connectivity index (χ0) is 7.56. The van der Waals surface area contributed by atoms with Crippen LogP contribution in [0.1, 0.15) is 17.3 Å². The van der Waals surface area contributed by atoms with E-state index in [4.69, 9.17) is 0 Å². The summed E-state index contributed by atoms with van der Waals surface area (Å²) in [5.74, 6) is 0.0590. The van der Waals surface area contributed by atoms with Gasteiger partial charge in [-0.15, -0.1) is 0 Å². The average molecular weight is 198 g/mol. The molecule has 1 nitrogen and oxygen atoms in total. The molecule has 0 aliphatic carbocycles. The first kappa shape index (κ1) is 7.48. The van der Waals surface area contributed by atoms with Gasteiger partial charge in [0.25, 0.3) is 0 Å². The molecule has 0 spiro atoms. The molecule has 0 amide bonds. The molecule has 2 heteroatoms. The lowest BCUT2D eigenvalue weighted by molar-refractivity contribution is 0.101.